The first-order valence-corrected chi connectivity index (χ1v) is 8.03. The van der Waals surface area contributed by atoms with E-state index >= 15 is 0 Å². The maximum atomic E-state index is 12.4. The lowest BCUT2D eigenvalue weighted by Crippen LogP contribution is -2.47. The van der Waals surface area contributed by atoms with Crippen LogP contribution in [0, 0.1) is 5.92 Å². The van der Waals surface area contributed by atoms with E-state index in [-0.39, 0.29) is 17.9 Å². The standard InChI is InChI=1S/C17H27N3O2/c1-13(16(22-3)15-5-4-12-20(15)2)17(21)19-11-8-14-6-9-18-10-7-14/h6-7,9-10,13,15-16H,4-5,8,11-12H2,1-3H3,(H,19,21). The molecule has 2 heterocycles. The van der Waals surface area contributed by atoms with Crippen molar-refractivity contribution < 1.29 is 9.53 Å². The zero-order valence-electron chi connectivity index (χ0n) is 13.8. The van der Waals surface area contributed by atoms with Crippen molar-refractivity contribution in [1.82, 2.24) is 15.2 Å². The predicted molar refractivity (Wildman–Crippen MR) is 86.6 cm³/mol. The summed E-state index contributed by atoms with van der Waals surface area (Å²) < 4.78 is 5.64. The molecule has 1 aliphatic heterocycles. The van der Waals surface area contributed by atoms with Crippen LogP contribution in [-0.2, 0) is 16.0 Å². The molecule has 1 amide bonds. The first-order valence-electron chi connectivity index (χ1n) is 8.03. The number of methoxy groups -OCH3 is 1. The summed E-state index contributed by atoms with van der Waals surface area (Å²) in [7, 11) is 3.81. The molecule has 0 aromatic carbocycles. The number of carbonyl (C=O) groups excluding carboxylic acids is 1. The second-order valence-corrected chi connectivity index (χ2v) is 6.08. The summed E-state index contributed by atoms with van der Waals surface area (Å²) in [6.07, 6.45) is 6.60. The number of ether oxygens (including phenoxy) is 1. The van der Waals surface area contributed by atoms with E-state index in [1.807, 2.05) is 19.1 Å². The van der Waals surface area contributed by atoms with Crippen molar-refractivity contribution in [2.24, 2.45) is 5.92 Å². The minimum Gasteiger partial charge on any atom is -0.379 e. The second-order valence-electron chi connectivity index (χ2n) is 6.08. The zero-order chi connectivity index (χ0) is 15.9. The van der Waals surface area contributed by atoms with Gasteiger partial charge in [0.05, 0.1) is 12.0 Å². The van der Waals surface area contributed by atoms with E-state index < -0.39 is 0 Å². The van der Waals surface area contributed by atoms with E-state index in [4.69, 9.17) is 4.74 Å². The van der Waals surface area contributed by atoms with Gasteiger partial charge in [0, 0.05) is 32.1 Å². The smallest absolute Gasteiger partial charge is 0.225 e. The van der Waals surface area contributed by atoms with Gasteiger partial charge in [-0.2, -0.15) is 0 Å². The summed E-state index contributed by atoms with van der Waals surface area (Å²) in [5.74, 6) is -0.0748. The van der Waals surface area contributed by atoms with Gasteiger partial charge in [0.15, 0.2) is 0 Å². The van der Waals surface area contributed by atoms with Crippen LogP contribution in [0.15, 0.2) is 24.5 Å². The van der Waals surface area contributed by atoms with Gasteiger partial charge in [-0.15, -0.1) is 0 Å². The Morgan fingerprint density at radius 1 is 1.50 bits per heavy atom. The van der Waals surface area contributed by atoms with E-state index in [1.165, 1.54) is 12.0 Å². The average molecular weight is 305 g/mol. The van der Waals surface area contributed by atoms with Crippen LogP contribution >= 0.6 is 0 Å². The molecule has 3 atom stereocenters. The van der Waals surface area contributed by atoms with E-state index in [1.54, 1.807) is 19.5 Å². The van der Waals surface area contributed by atoms with Crippen LogP contribution in [0.4, 0.5) is 0 Å². The summed E-state index contributed by atoms with van der Waals surface area (Å²) in [4.78, 5) is 18.7. The van der Waals surface area contributed by atoms with Crippen LogP contribution < -0.4 is 5.32 Å². The molecule has 1 saturated heterocycles. The molecule has 1 aliphatic rings. The molecule has 122 valence electrons. The van der Waals surface area contributed by atoms with Crippen LogP contribution in [0.5, 0.6) is 0 Å². The third-order valence-electron chi connectivity index (χ3n) is 4.60. The van der Waals surface area contributed by atoms with Gasteiger partial charge in [0.1, 0.15) is 0 Å². The first kappa shape index (κ1) is 16.9. The molecular weight excluding hydrogens is 278 g/mol. The molecule has 0 spiro atoms. The number of likely N-dealkylation sites (tertiary alicyclic amines) is 1. The Hall–Kier alpha value is -1.46. The Morgan fingerprint density at radius 2 is 2.23 bits per heavy atom. The highest BCUT2D eigenvalue weighted by Gasteiger charge is 2.35. The fourth-order valence-electron chi connectivity index (χ4n) is 3.24. The molecule has 0 saturated carbocycles. The van der Waals surface area contributed by atoms with Gasteiger partial charge in [-0.25, -0.2) is 0 Å². The van der Waals surface area contributed by atoms with Crippen molar-refractivity contribution in [3.05, 3.63) is 30.1 Å². The SMILES string of the molecule is COC(C(C)C(=O)NCCc1ccncc1)C1CCCN1C. The Morgan fingerprint density at radius 3 is 2.82 bits per heavy atom. The maximum Gasteiger partial charge on any atom is 0.225 e. The third-order valence-corrected chi connectivity index (χ3v) is 4.60. The molecule has 0 bridgehead atoms. The minimum atomic E-state index is -0.145. The van der Waals surface area contributed by atoms with Crippen LogP contribution in [0.2, 0.25) is 0 Å². The van der Waals surface area contributed by atoms with Gasteiger partial charge in [-0.1, -0.05) is 6.92 Å². The number of amides is 1. The molecule has 3 unspecified atom stereocenters. The largest absolute Gasteiger partial charge is 0.379 e. The second kappa shape index (κ2) is 8.25. The van der Waals surface area contributed by atoms with Gasteiger partial charge >= 0.3 is 0 Å². The van der Waals surface area contributed by atoms with Crippen molar-refractivity contribution in [2.45, 2.75) is 38.3 Å². The molecule has 22 heavy (non-hydrogen) atoms. The number of likely N-dealkylation sites (N-methyl/N-ethyl adjacent to an activating group) is 1. The number of rotatable bonds is 7. The van der Waals surface area contributed by atoms with Crippen molar-refractivity contribution in [3.8, 4) is 0 Å². The van der Waals surface area contributed by atoms with Crippen molar-refractivity contribution in [2.75, 3.05) is 27.2 Å². The highest BCUT2D eigenvalue weighted by Crippen LogP contribution is 2.24. The number of carbonyl (C=O) groups is 1. The lowest BCUT2D eigenvalue weighted by atomic mass is 9.95. The Balaban J connectivity index is 1.82. The zero-order valence-corrected chi connectivity index (χ0v) is 13.8. The average Bonchev–Trinajstić information content (AvgIpc) is 2.95. The van der Waals surface area contributed by atoms with Gasteiger partial charge in [0.2, 0.25) is 5.91 Å². The van der Waals surface area contributed by atoms with E-state index in [0.29, 0.717) is 12.6 Å². The lowest BCUT2D eigenvalue weighted by Gasteiger charge is -2.31. The Labute approximate surface area is 133 Å². The highest BCUT2D eigenvalue weighted by molar-refractivity contribution is 5.79. The summed E-state index contributed by atoms with van der Waals surface area (Å²) in [5.41, 5.74) is 1.18. The lowest BCUT2D eigenvalue weighted by molar-refractivity contribution is -0.130. The van der Waals surface area contributed by atoms with Crippen molar-refractivity contribution in [3.63, 3.8) is 0 Å². The molecular formula is C17H27N3O2. The predicted octanol–water partition coefficient (Wildman–Crippen LogP) is 1.49. The molecule has 1 N–H and O–H groups in total. The number of hydrogen-bond acceptors (Lipinski definition) is 4. The van der Waals surface area contributed by atoms with E-state index in [9.17, 15) is 4.79 Å². The maximum absolute atomic E-state index is 12.4. The van der Waals surface area contributed by atoms with Crippen LogP contribution in [0.3, 0.4) is 0 Å². The van der Waals surface area contributed by atoms with Crippen LogP contribution in [-0.4, -0.2) is 55.2 Å². The summed E-state index contributed by atoms with van der Waals surface area (Å²) >= 11 is 0. The highest BCUT2D eigenvalue weighted by atomic mass is 16.5. The number of nitrogens with one attached hydrogen (secondary N) is 1. The number of pyridine rings is 1. The number of aromatic nitrogens is 1. The fraction of sp³-hybridized carbons (Fsp3) is 0.647. The third kappa shape index (κ3) is 4.27. The summed E-state index contributed by atoms with van der Waals surface area (Å²) in [6, 6.07) is 4.29. The number of nitrogens with zero attached hydrogens (tertiary/aromatic N) is 2. The minimum absolute atomic E-state index is 0.0478. The van der Waals surface area contributed by atoms with Crippen molar-refractivity contribution in [1.29, 1.82) is 0 Å². The fourth-order valence-corrected chi connectivity index (χ4v) is 3.24. The van der Waals surface area contributed by atoms with Crippen LogP contribution in [0.1, 0.15) is 25.3 Å². The van der Waals surface area contributed by atoms with Gasteiger partial charge in [-0.05, 0) is 50.6 Å². The molecule has 5 heteroatoms. The Kier molecular flexibility index (Phi) is 6.34. The van der Waals surface area contributed by atoms with Gasteiger partial charge < -0.3 is 15.0 Å². The number of hydrogen-bond donors (Lipinski definition) is 1. The van der Waals surface area contributed by atoms with Gasteiger partial charge in [-0.3, -0.25) is 9.78 Å². The monoisotopic (exact) mass is 305 g/mol. The Bertz CT molecular complexity index is 466. The van der Waals surface area contributed by atoms with E-state index in [0.717, 1.165) is 19.4 Å². The molecule has 1 aromatic heterocycles. The van der Waals surface area contributed by atoms with E-state index in [2.05, 4.69) is 22.2 Å². The topological polar surface area (TPSA) is 54.5 Å². The molecule has 0 aliphatic carbocycles. The molecule has 5 nitrogen and oxygen atoms in total. The molecule has 1 fully saturated rings. The quantitative estimate of drug-likeness (QED) is 0.829. The van der Waals surface area contributed by atoms with Crippen molar-refractivity contribution >= 4 is 5.91 Å². The molecule has 0 radical (unpaired) electrons. The van der Waals surface area contributed by atoms with Crippen LogP contribution in [0.25, 0.3) is 0 Å². The summed E-state index contributed by atoms with van der Waals surface area (Å²) in [6.45, 7) is 3.69. The summed E-state index contributed by atoms with van der Waals surface area (Å²) in [5, 5.41) is 3.03. The first-order chi connectivity index (χ1) is 10.6. The van der Waals surface area contributed by atoms with Gasteiger partial charge in [0.25, 0.3) is 0 Å². The normalized spacial score (nSPS) is 21.5. The molecule has 2 rings (SSSR count). The molecule has 1 aromatic rings.